The molecule has 1 saturated carbocycles. The van der Waals surface area contributed by atoms with Crippen LogP contribution < -0.4 is 0 Å². The zero-order chi connectivity index (χ0) is 16.5. The van der Waals surface area contributed by atoms with Crippen LogP contribution in [0.2, 0.25) is 0 Å². The van der Waals surface area contributed by atoms with Crippen LogP contribution in [0.3, 0.4) is 0 Å². The Bertz CT molecular complexity index is 545. The number of allylic oxidation sites excluding steroid dienone is 1. The van der Waals surface area contributed by atoms with Gasteiger partial charge in [0.25, 0.3) is 0 Å². The fraction of sp³-hybridized carbons (Fsp3) is 0.706. The van der Waals surface area contributed by atoms with E-state index in [0.29, 0.717) is 30.8 Å². The van der Waals surface area contributed by atoms with Crippen LogP contribution in [0.25, 0.3) is 0 Å². The molecule has 1 aliphatic heterocycles. The molecule has 0 aromatic heterocycles. The maximum Gasteiger partial charge on any atom is 0.305 e. The van der Waals surface area contributed by atoms with Gasteiger partial charge in [-0.3, -0.25) is 9.59 Å². The van der Waals surface area contributed by atoms with Crippen LogP contribution in [0.4, 0.5) is 0 Å². The minimum absolute atomic E-state index is 0.0419. The molecule has 0 amide bonds. The Balaban J connectivity index is 2.37. The van der Waals surface area contributed by atoms with Crippen LogP contribution in [-0.2, 0) is 19.1 Å². The topological polar surface area (TPSA) is 76.4 Å². The maximum atomic E-state index is 12.6. The standard InChI is InChI=1S/C17H23NO4/c1-10(2)12-5-13(8-18)17(4)7-16(22-11(3)19)21-9-14(17)15(20)6-12/h9-10,12-13,16H,5-7H2,1-4H3/t12-,13+,16-,17+/m1/s1. The number of ketones is 1. The summed E-state index contributed by atoms with van der Waals surface area (Å²) in [7, 11) is 0. The van der Waals surface area contributed by atoms with E-state index in [1.165, 1.54) is 13.2 Å². The molecule has 0 unspecified atom stereocenters. The van der Waals surface area contributed by atoms with Crippen LogP contribution in [0.5, 0.6) is 0 Å². The number of carbonyl (C=O) groups is 2. The fourth-order valence-electron chi connectivity index (χ4n) is 3.45. The third-order valence-corrected chi connectivity index (χ3v) is 5.00. The van der Waals surface area contributed by atoms with E-state index < -0.39 is 17.7 Å². The van der Waals surface area contributed by atoms with Crippen LogP contribution in [0.15, 0.2) is 11.8 Å². The summed E-state index contributed by atoms with van der Waals surface area (Å²) in [4.78, 5) is 23.7. The molecule has 0 N–H and O–H groups in total. The molecule has 5 nitrogen and oxygen atoms in total. The molecule has 22 heavy (non-hydrogen) atoms. The number of rotatable bonds is 2. The number of Topliss-reactive ketones (excluding diaryl/α,β-unsaturated/α-hetero) is 1. The zero-order valence-electron chi connectivity index (χ0n) is 13.6. The van der Waals surface area contributed by atoms with E-state index in [4.69, 9.17) is 9.47 Å². The molecule has 1 aliphatic carbocycles. The quantitative estimate of drug-likeness (QED) is 0.733. The molecule has 0 spiro atoms. The first kappa shape index (κ1) is 16.5. The second-order valence-electron chi connectivity index (χ2n) is 6.88. The van der Waals surface area contributed by atoms with Crippen LogP contribution >= 0.6 is 0 Å². The van der Waals surface area contributed by atoms with Crippen molar-refractivity contribution in [3.8, 4) is 6.07 Å². The van der Waals surface area contributed by atoms with E-state index in [1.807, 2.05) is 6.92 Å². The third kappa shape index (κ3) is 3.01. The number of nitriles is 1. The van der Waals surface area contributed by atoms with Gasteiger partial charge >= 0.3 is 5.97 Å². The van der Waals surface area contributed by atoms with Gasteiger partial charge in [-0.25, -0.2) is 0 Å². The highest BCUT2D eigenvalue weighted by molar-refractivity contribution is 5.97. The van der Waals surface area contributed by atoms with Crippen LogP contribution in [0.1, 0.15) is 47.0 Å². The summed E-state index contributed by atoms with van der Waals surface area (Å²) in [5.74, 6) is -0.152. The average Bonchev–Trinajstić information content (AvgIpc) is 2.52. The number of hydrogen-bond donors (Lipinski definition) is 0. The SMILES string of the molecule is CC(=O)O[C@@H]1C[C@]2(C)C(=CO1)C(=O)C[C@H](C(C)C)C[C@H]2C#N. The van der Waals surface area contributed by atoms with Gasteiger partial charge in [0.05, 0.1) is 18.2 Å². The van der Waals surface area contributed by atoms with Gasteiger partial charge in [0.2, 0.25) is 6.29 Å². The Labute approximate surface area is 131 Å². The second-order valence-corrected chi connectivity index (χ2v) is 6.88. The lowest BCUT2D eigenvalue weighted by Crippen LogP contribution is -2.39. The Morgan fingerprint density at radius 2 is 2.23 bits per heavy atom. The van der Waals surface area contributed by atoms with Gasteiger partial charge in [0.1, 0.15) is 0 Å². The molecule has 2 aliphatic rings. The minimum Gasteiger partial charge on any atom is -0.462 e. The zero-order valence-corrected chi connectivity index (χ0v) is 13.6. The first-order valence-corrected chi connectivity index (χ1v) is 7.74. The van der Waals surface area contributed by atoms with Gasteiger partial charge < -0.3 is 9.47 Å². The molecule has 1 heterocycles. The fourth-order valence-corrected chi connectivity index (χ4v) is 3.45. The van der Waals surface area contributed by atoms with Crippen LogP contribution in [-0.4, -0.2) is 18.0 Å². The predicted octanol–water partition coefficient (Wildman–Crippen LogP) is 2.96. The first-order chi connectivity index (χ1) is 10.3. The summed E-state index contributed by atoms with van der Waals surface area (Å²) in [5, 5.41) is 9.64. The number of nitrogens with zero attached hydrogens (tertiary/aromatic N) is 1. The highest BCUT2D eigenvalue weighted by atomic mass is 16.7. The van der Waals surface area contributed by atoms with Crippen molar-refractivity contribution in [2.45, 2.75) is 53.2 Å². The van der Waals surface area contributed by atoms with Crippen molar-refractivity contribution in [3.05, 3.63) is 11.8 Å². The number of fused-ring (bicyclic) bond motifs is 1. The van der Waals surface area contributed by atoms with Gasteiger partial charge in [-0.15, -0.1) is 0 Å². The minimum atomic E-state index is -0.731. The van der Waals surface area contributed by atoms with E-state index in [0.717, 1.165) is 0 Å². The number of hydrogen-bond acceptors (Lipinski definition) is 5. The summed E-state index contributed by atoms with van der Waals surface area (Å²) in [5.41, 5.74) is -0.0704. The molecule has 5 heteroatoms. The molecule has 120 valence electrons. The Morgan fingerprint density at radius 3 is 2.77 bits per heavy atom. The van der Waals surface area contributed by atoms with E-state index in [1.54, 1.807) is 0 Å². The second kappa shape index (κ2) is 6.12. The van der Waals surface area contributed by atoms with Gasteiger partial charge in [0.15, 0.2) is 5.78 Å². The van der Waals surface area contributed by atoms with E-state index in [2.05, 4.69) is 19.9 Å². The lowest BCUT2D eigenvalue weighted by molar-refractivity contribution is -0.175. The molecule has 2 rings (SSSR count). The largest absolute Gasteiger partial charge is 0.462 e. The summed E-state index contributed by atoms with van der Waals surface area (Å²) >= 11 is 0. The number of esters is 1. The van der Waals surface area contributed by atoms with Gasteiger partial charge in [-0.1, -0.05) is 20.8 Å². The molecular weight excluding hydrogens is 282 g/mol. The summed E-state index contributed by atoms with van der Waals surface area (Å²) in [6, 6.07) is 2.37. The van der Waals surface area contributed by atoms with Crippen molar-refractivity contribution in [2.24, 2.45) is 23.2 Å². The Kier molecular flexibility index (Phi) is 4.60. The van der Waals surface area contributed by atoms with Crippen LogP contribution in [0, 0.1) is 34.5 Å². The molecule has 0 saturated heterocycles. The summed E-state index contributed by atoms with van der Waals surface area (Å²) < 4.78 is 10.5. The molecule has 1 fully saturated rings. The van der Waals surface area contributed by atoms with Crippen molar-refractivity contribution in [1.29, 1.82) is 5.26 Å². The van der Waals surface area contributed by atoms with E-state index >= 15 is 0 Å². The maximum absolute atomic E-state index is 12.6. The smallest absolute Gasteiger partial charge is 0.305 e. The average molecular weight is 305 g/mol. The summed E-state index contributed by atoms with van der Waals surface area (Å²) in [6.45, 7) is 7.39. The number of carbonyl (C=O) groups excluding carboxylic acids is 2. The Morgan fingerprint density at radius 1 is 1.55 bits per heavy atom. The van der Waals surface area contributed by atoms with Crippen molar-refractivity contribution in [2.75, 3.05) is 0 Å². The van der Waals surface area contributed by atoms with Crippen molar-refractivity contribution < 1.29 is 19.1 Å². The third-order valence-electron chi connectivity index (χ3n) is 5.00. The lowest BCUT2D eigenvalue weighted by atomic mass is 9.67. The molecule has 0 bridgehead atoms. The molecule has 0 radical (unpaired) electrons. The predicted molar refractivity (Wildman–Crippen MR) is 79.1 cm³/mol. The highest BCUT2D eigenvalue weighted by Gasteiger charge is 2.49. The van der Waals surface area contributed by atoms with E-state index in [9.17, 15) is 14.9 Å². The van der Waals surface area contributed by atoms with Gasteiger partial charge in [0, 0.05) is 30.8 Å². The molecule has 4 atom stereocenters. The first-order valence-electron chi connectivity index (χ1n) is 7.74. The Hall–Kier alpha value is -1.83. The van der Waals surface area contributed by atoms with Gasteiger partial charge in [-0.2, -0.15) is 5.26 Å². The normalized spacial score (nSPS) is 34.8. The van der Waals surface area contributed by atoms with Gasteiger partial charge in [-0.05, 0) is 18.3 Å². The molecular formula is C17H23NO4. The molecule has 0 aromatic carbocycles. The van der Waals surface area contributed by atoms with Crippen molar-refractivity contribution >= 4 is 11.8 Å². The van der Waals surface area contributed by atoms with Crippen molar-refractivity contribution in [3.63, 3.8) is 0 Å². The summed E-state index contributed by atoms with van der Waals surface area (Å²) in [6.07, 6.45) is 2.14. The van der Waals surface area contributed by atoms with Crippen molar-refractivity contribution in [1.82, 2.24) is 0 Å². The van der Waals surface area contributed by atoms with E-state index in [-0.39, 0.29) is 17.6 Å². The monoisotopic (exact) mass is 305 g/mol. The number of ether oxygens (including phenoxy) is 2. The molecule has 0 aromatic rings. The highest BCUT2D eigenvalue weighted by Crippen LogP contribution is 2.50. The lowest BCUT2D eigenvalue weighted by Gasteiger charge is -2.39.